The number of aromatic amines is 1. The Morgan fingerprint density at radius 2 is 1.95 bits per heavy atom. The Morgan fingerprint density at radius 1 is 1.30 bits per heavy atom. The second-order valence-corrected chi connectivity index (χ2v) is 5.72. The quantitative estimate of drug-likeness (QED) is 0.733. The summed E-state index contributed by atoms with van der Waals surface area (Å²) >= 11 is 0. The van der Waals surface area contributed by atoms with Crippen molar-refractivity contribution in [3.05, 3.63) is 36.7 Å². The molecule has 2 rings (SSSR count). The number of carbonyl (C=O) groups is 1. The van der Waals surface area contributed by atoms with E-state index >= 15 is 0 Å². The molecule has 0 aliphatic rings. The lowest BCUT2D eigenvalue weighted by atomic mass is 10.3. The molecule has 1 heterocycles. The lowest BCUT2D eigenvalue weighted by Gasteiger charge is -2.21. The number of nitrogens with one attached hydrogen (secondary N) is 1. The molecule has 0 amide bonds. The highest BCUT2D eigenvalue weighted by molar-refractivity contribution is 7.92. The van der Waals surface area contributed by atoms with Crippen molar-refractivity contribution in [1.82, 2.24) is 10.2 Å². The normalized spacial score (nSPS) is 11.2. The van der Waals surface area contributed by atoms with E-state index in [4.69, 9.17) is 5.11 Å². The summed E-state index contributed by atoms with van der Waals surface area (Å²) in [6, 6.07) is 5.18. The number of nitrogens with zero attached hydrogens (tertiary/aromatic N) is 2. The van der Waals surface area contributed by atoms with E-state index in [1.54, 1.807) is 0 Å². The second-order valence-electron chi connectivity index (χ2n) is 3.86. The Kier molecular flexibility index (Phi) is 3.61. The molecular weight excluding hydrogens is 286 g/mol. The third kappa shape index (κ3) is 2.72. The first-order chi connectivity index (χ1) is 9.41. The van der Waals surface area contributed by atoms with Crippen LogP contribution in [0.4, 0.5) is 5.69 Å². The minimum absolute atomic E-state index is 0.0512. The molecule has 0 radical (unpaired) electrons. The number of phenolic OH excluding ortho intramolecular Hbond substituents is 1. The van der Waals surface area contributed by atoms with Crippen LogP contribution in [0.5, 0.6) is 5.75 Å². The number of hydrogen-bond acceptors (Lipinski definition) is 5. The van der Waals surface area contributed by atoms with Crippen molar-refractivity contribution >= 4 is 21.7 Å². The van der Waals surface area contributed by atoms with Gasteiger partial charge in [0.15, 0.2) is 0 Å². The molecule has 0 aliphatic heterocycles. The maximum Gasteiger partial charge on any atom is 0.324 e. The number of carboxylic acid groups (broad SMARTS) is 1. The molecule has 0 saturated carbocycles. The standard InChI is InChI=1S/C11H11N3O5S/c15-9-3-1-8(2-4-9)14(7-11(16)17)20(18,19)10-5-12-13-6-10/h1-6,15H,7H2,(H,12,13)(H,16,17). The van der Waals surface area contributed by atoms with Crippen LogP contribution in [0.15, 0.2) is 41.6 Å². The molecule has 0 fully saturated rings. The van der Waals surface area contributed by atoms with E-state index in [1.807, 2.05) is 0 Å². The van der Waals surface area contributed by atoms with E-state index in [-0.39, 0.29) is 16.3 Å². The van der Waals surface area contributed by atoms with Crippen LogP contribution in [0.25, 0.3) is 0 Å². The number of sulfonamides is 1. The highest BCUT2D eigenvalue weighted by Gasteiger charge is 2.27. The van der Waals surface area contributed by atoms with E-state index in [2.05, 4.69) is 10.2 Å². The summed E-state index contributed by atoms with van der Waals surface area (Å²) in [5.74, 6) is -1.35. The molecule has 0 aliphatic carbocycles. The van der Waals surface area contributed by atoms with Gasteiger partial charge in [-0.1, -0.05) is 0 Å². The van der Waals surface area contributed by atoms with Gasteiger partial charge < -0.3 is 10.2 Å². The number of hydrogen-bond donors (Lipinski definition) is 3. The largest absolute Gasteiger partial charge is 0.508 e. The average molecular weight is 297 g/mol. The van der Waals surface area contributed by atoms with Crippen LogP contribution in [0, 0.1) is 0 Å². The molecule has 0 saturated heterocycles. The lowest BCUT2D eigenvalue weighted by molar-refractivity contribution is -0.135. The smallest absolute Gasteiger partial charge is 0.324 e. The molecular formula is C11H11N3O5S. The number of anilines is 1. The van der Waals surface area contributed by atoms with Crippen molar-refractivity contribution in [2.24, 2.45) is 0 Å². The second kappa shape index (κ2) is 5.21. The molecule has 9 heteroatoms. The third-order valence-corrected chi connectivity index (χ3v) is 4.22. The van der Waals surface area contributed by atoms with Gasteiger partial charge in [0.2, 0.25) is 0 Å². The third-order valence-electron chi connectivity index (χ3n) is 2.48. The number of aliphatic carboxylic acids is 1. The van der Waals surface area contributed by atoms with Crippen LogP contribution in [0.2, 0.25) is 0 Å². The van der Waals surface area contributed by atoms with Crippen molar-refractivity contribution < 1.29 is 23.4 Å². The molecule has 0 atom stereocenters. The average Bonchev–Trinajstić information content (AvgIpc) is 2.91. The molecule has 8 nitrogen and oxygen atoms in total. The number of aromatic nitrogens is 2. The van der Waals surface area contributed by atoms with Crippen molar-refractivity contribution in [3.63, 3.8) is 0 Å². The summed E-state index contributed by atoms with van der Waals surface area (Å²) in [5.41, 5.74) is 0.131. The van der Waals surface area contributed by atoms with Crippen LogP contribution in [-0.4, -0.2) is 41.3 Å². The minimum Gasteiger partial charge on any atom is -0.508 e. The van der Waals surface area contributed by atoms with Gasteiger partial charge in [-0.25, -0.2) is 8.42 Å². The molecule has 20 heavy (non-hydrogen) atoms. The molecule has 106 valence electrons. The first-order valence-electron chi connectivity index (χ1n) is 5.43. The number of carboxylic acids is 1. The van der Waals surface area contributed by atoms with Gasteiger partial charge in [0.05, 0.1) is 11.9 Å². The number of aromatic hydroxyl groups is 1. The zero-order valence-corrected chi connectivity index (χ0v) is 10.9. The zero-order chi connectivity index (χ0) is 14.8. The van der Waals surface area contributed by atoms with Crippen LogP contribution in [0.1, 0.15) is 0 Å². The van der Waals surface area contributed by atoms with Crippen LogP contribution >= 0.6 is 0 Å². The van der Waals surface area contributed by atoms with E-state index in [0.29, 0.717) is 0 Å². The zero-order valence-electron chi connectivity index (χ0n) is 10.1. The monoisotopic (exact) mass is 297 g/mol. The van der Waals surface area contributed by atoms with E-state index in [1.165, 1.54) is 24.3 Å². The maximum absolute atomic E-state index is 12.4. The number of benzene rings is 1. The summed E-state index contributed by atoms with van der Waals surface area (Å²) in [4.78, 5) is 10.7. The number of rotatable bonds is 5. The fourth-order valence-electron chi connectivity index (χ4n) is 1.56. The first kappa shape index (κ1) is 13.9. The van der Waals surface area contributed by atoms with Gasteiger partial charge in [-0.15, -0.1) is 0 Å². The minimum atomic E-state index is -4.04. The Balaban J connectivity index is 2.48. The van der Waals surface area contributed by atoms with E-state index < -0.39 is 22.5 Å². The Hall–Kier alpha value is -2.55. The predicted molar refractivity (Wildman–Crippen MR) is 68.9 cm³/mol. The molecule has 0 spiro atoms. The van der Waals surface area contributed by atoms with Gasteiger partial charge in [0, 0.05) is 6.20 Å². The molecule has 0 unspecified atom stereocenters. The van der Waals surface area contributed by atoms with Crippen LogP contribution < -0.4 is 4.31 Å². The van der Waals surface area contributed by atoms with Crippen LogP contribution in [0.3, 0.4) is 0 Å². The van der Waals surface area contributed by atoms with Gasteiger partial charge >= 0.3 is 5.97 Å². The van der Waals surface area contributed by atoms with Crippen molar-refractivity contribution in [2.45, 2.75) is 4.90 Å². The van der Waals surface area contributed by atoms with E-state index in [0.717, 1.165) is 16.7 Å². The molecule has 3 N–H and O–H groups in total. The summed E-state index contributed by atoms with van der Waals surface area (Å²) in [6.45, 7) is -0.738. The van der Waals surface area contributed by atoms with Crippen molar-refractivity contribution in [3.8, 4) is 5.75 Å². The molecule has 1 aromatic heterocycles. The Morgan fingerprint density at radius 3 is 2.45 bits per heavy atom. The summed E-state index contributed by atoms with van der Waals surface area (Å²) < 4.78 is 25.4. The Labute approximate surface area is 114 Å². The summed E-state index contributed by atoms with van der Waals surface area (Å²) in [5, 5.41) is 24.0. The predicted octanol–water partition coefficient (Wildman–Crippen LogP) is 0.395. The molecule has 2 aromatic rings. The highest BCUT2D eigenvalue weighted by atomic mass is 32.2. The van der Waals surface area contributed by atoms with Gasteiger partial charge in [0.25, 0.3) is 10.0 Å². The Bertz CT molecular complexity index is 694. The first-order valence-corrected chi connectivity index (χ1v) is 6.87. The topological polar surface area (TPSA) is 124 Å². The fourth-order valence-corrected chi connectivity index (χ4v) is 2.89. The highest BCUT2D eigenvalue weighted by Crippen LogP contribution is 2.24. The van der Waals surface area contributed by atoms with Crippen LogP contribution in [-0.2, 0) is 14.8 Å². The SMILES string of the molecule is O=C(O)CN(c1ccc(O)cc1)S(=O)(=O)c1cn[nH]c1. The van der Waals surface area contributed by atoms with Gasteiger partial charge in [-0.2, -0.15) is 5.10 Å². The van der Waals surface area contributed by atoms with E-state index in [9.17, 15) is 18.3 Å². The van der Waals surface area contributed by atoms with Gasteiger partial charge in [0.1, 0.15) is 17.2 Å². The molecule has 0 bridgehead atoms. The summed E-state index contributed by atoms with van der Waals surface area (Å²) in [7, 11) is -4.04. The van der Waals surface area contributed by atoms with Gasteiger partial charge in [-0.05, 0) is 24.3 Å². The lowest BCUT2D eigenvalue weighted by Crippen LogP contribution is -2.35. The van der Waals surface area contributed by atoms with Gasteiger partial charge in [-0.3, -0.25) is 14.2 Å². The maximum atomic E-state index is 12.4. The van der Waals surface area contributed by atoms with Crippen molar-refractivity contribution in [2.75, 3.05) is 10.8 Å². The molecule has 1 aromatic carbocycles. The number of H-pyrrole nitrogens is 1. The fraction of sp³-hybridized carbons (Fsp3) is 0.0909. The van der Waals surface area contributed by atoms with Crippen molar-refractivity contribution in [1.29, 1.82) is 0 Å². The summed E-state index contributed by atoms with van der Waals surface area (Å²) in [6.07, 6.45) is 2.25. The number of phenols is 1.